The molecule has 0 spiro atoms. The Labute approximate surface area is 218 Å². The molecule has 189 valence electrons. The fraction of sp³-hybridized carbons (Fsp3) is 0.167. The minimum absolute atomic E-state index is 0.0525. The smallest absolute Gasteiger partial charge is 0.214 e. The molecular weight excluding hydrogens is 486 g/mol. The quantitative estimate of drug-likeness (QED) is 0.249. The molecule has 0 saturated carbocycles. The number of imidazole rings is 1. The first-order chi connectivity index (χ1) is 18.6. The van der Waals surface area contributed by atoms with E-state index in [1.165, 1.54) is 18.2 Å². The van der Waals surface area contributed by atoms with E-state index in [4.69, 9.17) is 19.7 Å². The van der Waals surface area contributed by atoms with Gasteiger partial charge < -0.3 is 14.0 Å². The number of ether oxygens (including phenoxy) is 2. The van der Waals surface area contributed by atoms with E-state index in [2.05, 4.69) is 11.1 Å². The van der Waals surface area contributed by atoms with Crippen molar-refractivity contribution in [2.75, 3.05) is 13.7 Å². The van der Waals surface area contributed by atoms with Gasteiger partial charge in [-0.05, 0) is 48.0 Å². The molecule has 8 heteroatoms. The van der Waals surface area contributed by atoms with Crippen LogP contribution in [0.5, 0.6) is 5.88 Å². The molecular formula is C30H23F2N4O2. The third-order valence-corrected chi connectivity index (χ3v) is 6.17. The summed E-state index contributed by atoms with van der Waals surface area (Å²) in [6, 6.07) is 24.9. The maximum Gasteiger partial charge on any atom is 0.214 e. The van der Waals surface area contributed by atoms with Crippen molar-refractivity contribution in [3.63, 3.8) is 0 Å². The predicted octanol–water partition coefficient (Wildman–Crippen LogP) is 5.86. The van der Waals surface area contributed by atoms with Crippen LogP contribution in [-0.4, -0.2) is 28.3 Å². The number of nitrogens with zero attached hydrogens (tertiary/aromatic N) is 4. The molecule has 0 fully saturated rings. The average Bonchev–Trinajstić information content (AvgIpc) is 3.29. The normalized spacial score (nSPS) is 11.0. The number of methoxy groups -OCH3 is 1. The number of fused-ring (bicyclic) bond motifs is 1. The summed E-state index contributed by atoms with van der Waals surface area (Å²) in [5.74, 6) is 0.130. The van der Waals surface area contributed by atoms with Crippen molar-refractivity contribution < 1.29 is 18.3 Å². The molecule has 6 nitrogen and oxygen atoms in total. The maximum absolute atomic E-state index is 15.2. The molecule has 0 atom stereocenters. The van der Waals surface area contributed by atoms with Gasteiger partial charge in [-0.15, -0.1) is 0 Å². The van der Waals surface area contributed by atoms with Crippen molar-refractivity contribution >= 4 is 11.0 Å². The lowest BCUT2D eigenvalue weighted by molar-refractivity contribution is 0.187. The highest BCUT2D eigenvalue weighted by Gasteiger charge is 2.14. The van der Waals surface area contributed by atoms with E-state index < -0.39 is 5.82 Å². The van der Waals surface area contributed by atoms with Crippen LogP contribution >= 0.6 is 0 Å². The van der Waals surface area contributed by atoms with Crippen LogP contribution in [-0.2, 0) is 24.3 Å². The van der Waals surface area contributed by atoms with Gasteiger partial charge in [0.2, 0.25) is 5.88 Å². The van der Waals surface area contributed by atoms with Gasteiger partial charge in [0.05, 0.1) is 35.0 Å². The number of hydrogen-bond donors (Lipinski definition) is 0. The first-order valence-electron chi connectivity index (χ1n) is 12.0. The van der Waals surface area contributed by atoms with Gasteiger partial charge in [0.25, 0.3) is 0 Å². The minimum Gasteiger partial charge on any atom is -0.473 e. The second kappa shape index (κ2) is 11.2. The number of halogens is 2. The zero-order chi connectivity index (χ0) is 26.5. The highest BCUT2D eigenvalue weighted by Crippen LogP contribution is 2.25. The average molecular weight is 510 g/mol. The SMILES string of the molecule is COCCn1c(Cc2ccc(-c3cccc(OCc4ccc(C#N)cc4F)n3)cc2F)nc2cc[c]cc21. The zero-order valence-corrected chi connectivity index (χ0v) is 20.6. The van der Waals surface area contributed by atoms with E-state index in [0.717, 1.165) is 22.9 Å². The van der Waals surface area contributed by atoms with Crippen molar-refractivity contribution in [3.8, 4) is 23.2 Å². The molecule has 5 rings (SSSR count). The third-order valence-electron chi connectivity index (χ3n) is 6.17. The Balaban J connectivity index is 1.34. The molecule has 5 aromatic rings. The van der Waals surface area contributed by atoms with Gasteiger partial charge in [0.15, 0.2) is 0 Å². The maximum atomic E-state index is 15.2. The monoisotopic (exact) mass is 509 g/mol. The summed E-state index contributed by atoms with van der Waals surface area (Å²) < 4.78 is 42.3. The lowest BCUT2D eigenvalue weighted by Crippen LogP contribution is -2.09. The number of benzene rings is 3. The second-order valence-electron chi connectivity index (χ2n) is 8.64. The Morgan fingerprint density at radius 1 is 1.00 bits per heavy atom. The molecule has 38 heavy (non-hydrogen) atoms. The van der Waals surface area contributed by atoms with Gasteiger partial charge in [0, 0.05) is 37.3 Å². The summed E-state index contributed by atoms with van der Waals surface area (Å²) in [6.45, 7) is 1.06. The fourth-order valence-corrected chi connectivity index (χ4v) is 4.19. The largest absolute Gasteiger partial charge is 0.473 e. The van der Waals surface area contributed by atoms with E-state index in [0.29, 0.717) is 42.0 Å². The number of nitriles is 1. The Morgan fingerprint density at radius 2 is 1.84 bits per heavy atom. The Hall–Kier alpha value is -4.61. The molecule has 0 amide bonds. The summed E-state index contributed by atoms with van der Waals surface area (Å²) in [6.07, 6.45) is 0.317. The van der Waals surface area contributed by atoms with Crippen molar-refractivity contribution in [1.82, 2.24) is 14.5 Å². The lowest BCUT2D eigenvalue weighted by atomic mass is 10.1. The van der Waals surface area contributed by atoms with Crippen LogP contribution in [0.1, 0.15) is 22.5 Å². The van der Waals surface area contributed by atoms with Gasteiger partial charge in [0.1, 0.15) is 24.1 Å². The van der Waals surface area contributed by atoms with Gasteiger partial charge >= 0.3 is 0 Å². The molecule has 0 aliphatic heterocycles. The lowest BCUT2D eigenvalue weighted by Gasteiger charge is -2.11. The van der Waals surface area contributed by atoms with Crippen LogP contribution in [0.15, 0.2) is 72.8 Å². The van der Waals surface area contributed by atoms with E-state index in [1.54, 1.807) is 43.5 Å². The third kappa shape index (κ3) is 5.38. The van der Waals surface area contributed by atoms with Gasteiger partial charge in [-0.3, -0.25) is 0 Å². The van der Waals surface area contributed by atoms with Crippen LogP contribution < -0.4 is 4.74 Å². The van der Waals surface area contributed by atoms with Crippen LogP contribution in [0, 0.1) is 29.0 Å². The molecule has 3 aromatic carbocycles. The number of aromatic nitrogens is 3. The summed E-state index contributed by atoms with van der Waals surface area (Å²) in [5.41, 5.74) is 3.92. The van der Waals surface area contributed by atoms with Crippen LogP contribution in [0.4, 0.5) is 8.78 Å². The first-order valence-corrected chi connectivity index (χ1v) is 12.0. The fourth-order valence-electron chi connectivity index (χ4n) is 4.19. The van der Waals surface area contributed by atoms with E-state index in [-0.39, 0.29) is 23.9 Å². The Kier molecular flexibility index (Phi) is 7.38. The van der Waals surface area contributed by atoms with Gasteiger partial charge in [-0.2, -0.15) is 5.26 Å². The van der Waals surface area contributed by atoms with Crippen LogP contribution in [0.2, 0.25) is 0 Å². The molecule has 1 radical (unpaired) electrons. The summed E-state index contributed by atoms with van der Waals surface area (Å²) in [4.78, 5) is 9.16. The molecule has 0 bridgehead atoms. The van der Waals surface area contributed by atoms with Gasteiger partial charge in [-0.25, -0.2) is 18.7 Å². The highest BCUT2D eigenvalue weighted by atomic mass is 19.1. The Bertz CT molecular complexity index is 1640. The van der Waals surface area contributed by atoms with Crippen molar-refractivity contribution in [3.05, 3.63) is 113 Å². The number of pyridine rings is 1. The number of rotatable bonds is 9. The molecule has 0 saturated heterocycles. The first kappa shape index (κ1) is 25.1. The topological polar surface area (TPSA) is 73.0 Å². The van der Waals surface area contributed by atoms with Gasteiger partial charge in [-0.1, -0.05) is 30.3 Å². The summed E-state index contributed by atoms with van der Waals surface area (Å²) >= 11 is 0. The van der Waals surface area contributed by atoms with E-state index in [1.807, 2.05) is 22.8 Å². The summed E-state index contributed by atoms with van der Waals surface area (Å²) in [7, 11) is 1.64. The Morgan fingerprint density at radius 3 is 2.63 bits per heavy atom. The van der Waals surface area contributed by atoms with E-state index in [9.17, 15) is 4.39 Å². The molecule has 0 unspecified atom stereocenters. The molecule has 2 heterocycles. The molecule has 0 N–H and O–H groups in total. The van der Waals surface area contributed by atoms with Crippen molar-refractivity contribution in [2.45, 2.75) is 19.6 Å². The molecule has 2 aromatic heterocycles. The zero-order valence-electron chi connectivity index (χ0n) is 20.6. The highest BCUT2D eigenvalue weighted by molar-refractivity contribution is 5.75. The standard InChI is InChI=1S/C30H23F2N4O2/c1-37-14-13-36-28-7-3-2-5-27(28)34-29(36)17-21-11-12-22(16-25(21)32)26-6-4-8-30(35-26)38-19-23-10-9-20(18-33)15-24(23)31/h2,4-12,15-16H,13-14,17,19H2,1H3. The van der Waals surface area contributed by atoms with E-state index >= 15 is 4.39 Å². The summed E-state index contributed by atoms with van der Waals surface area (Å²) in [5, 5.41) is 8.89. The molecule has 0 aliphatic rings. The van der Waals surface area contributed by atoms with Crippen LogP contribution in [0.3, 0.4) is 0 Å². The van der Waals surface area contributed by atoms with Crippen molar-refractivity contribution in [1.29, 1.82) is 5.26 Å². The van der Waals surface area contributed by atoms with Crippen LogP contribution in [0.25, 0.3) is 22.3 Å². The number of hydrogen-bond acceptors (Lipinski definition) is 5. The molecule has 0 aliphatic carbocycles. The predicted molar refractivity (Wildman–Crippen MR) is 138 cm³/mol. The second-order valence-corrected chi connectivity index (χ2v) is 8.64. The minimum atomic E-state index is -0.522. The van der Waals surface area contributed by atoms with Crippen molar-refractivity contribution in [2.24, 2.45) is 0 Å².